The lowest BCUT2D eigenvalue weighted by Crippen LogP contribution is -2.47. The third kappa shape index (κ3) is 3.71. The second kappa shape index (κ2) is 7.00. The first-order valence-corrected chi connectivity index (χ1v) is 9.52. The van der Waals surface area contributed by atoms with E-state index in [1.54, 1.807) is 28.6 Å². The number of thioether (sulfide) groups is 1. The summed E-state index contributed by atoms with van der Waals surface area (Å²) in [6.07, 6.45) is 0. The van der Waals surface area contributed by atoms with Gasteiger partial charge in [-0.2, -0.15) is 16.1 Å². The van der Waals surface area contributed by atoms with E-state index in [9.17, 15) is 8.42 Å². The van der Waals surface area contributed by atoms with E-state index in [-0.39, 0.29) is 6.04 Å². The standard InChI is InChI=1S/C14H22N2O3S2/c1-11-12(2)20-10-8-16(11)21(17,18)14-5-3-13(4-6-14)19-9-7-15/h3-6,11-12H,7-10,15H2,1-2H3. The second-order valence-electron chi connectivity index (χ2n) is 5.04. The zero-order valence-corrected chi connectivity index (χ0v) is 14.0. The quantitative estimate of drug-likeness (QED) is 0.886. The van der Waals surface area contributed by atoms with Gasteiger partial charge in [0.15, 0.2) is 0 Å². The monoisotopic (exact) mass is 330 g/mol. The van der Waals surface area contributed by atoms with E-state index in [0.717, 1.165) is 5.75 Å². The van der Waals surface area contributed by atoms with Crippen LogP contribution < -0.4 is 10.5 Å². The summed E-state index contributed by atoms with van der Waals surface area (Å²) in [6, 6.07) is 6.55. The average molecular weight is 330 g/mol. The minimum atomic E-state index is -3.44. The zero-order chi connectivity index (χ0) is 15.5. The van der Waals surface area contributed by atoms with Crippen molar-refractivity contribution >= 4 is 21.8 Å². The number of sulfonamides is 1. The molecule has 1 aromatic rings. The molecule has 0 amide bonds. The number of ether oxygens (including phenoxy) is 1. The molecule has 2 N–H and O–H groups in total. The molecule has 2 rings (SSSR count). The predicted octanol–water partition coefficient (Wildman–Crippen LogP) is 1.54. The minimum absolute atomic E-state index is 0.00177. The van der Waals surface area contributed by atoms with Crippen molar-refractivity contribution in [2.75, 3.05) is 25.4 Å². The summed E-state index contributed by atoms with van der Waals surface area (Å²) < 4.78 is 32.4. The first-order valence-electron chi connectivity index (χ1n) is 7.03. The Balaban J connectivity index is 2.19. The van der Waals surface area contributed by atoms with Crippen LogP contribution in [0.1, 0.15) is 13.8 Å². The number of hydrogen-bond donors (Lipinski definition) is 1. The summed E-state index contributed by atoms with van der Waals surface area (Å²) in [6.45, 7) is 5.45. The lowest BCUT2D eigenvalue weighted by molar-refractivity contribution is 0.327. The molecule has 0 aromatic heterocycles. The molecule has 5 nitrogen and oxygen atoms in total. The summed E-state index contributed by atoms with van der Waals surface area (Å²) in [4.78, 5) is 0.313. The van der Waals surface area contributed by atoms with Gasteiger partial charge in [0.1, 0.15) is 12.4 Å². The molecule has 0 bridgehead atoms. The van der Waals surface area contributed by atoms with Crippen LogP contribution in [-0.4, -0.2) is 49.5 Å². The largest absolute Gasteiger partial charge is 0.492 e. The molecule has 1 aromatic carbocycles. The molecule has 2 unspecified atom stereocenters. The van der Waals surface area contributed by atoms with Crippen LogP contribution in [0.15, 0.2) is 29.2 Å². The Morgan fingerprint density at radius 3 is 2.62 bits per heavy atom. The van der Waals surface area contributed by atoms with Gasteiger partial charge in [0.25, 0.3) is 0 Å². The van der Waals surface area contributed by atoms with Gasteiger partial charge in [-0.3, -0.25) is 0 Å². The molecular formula is C14H22N2O3S2. The molecule has 21 heavy (non-hydrogen) atoms. The van der Waals surface area contributed by atoms with Crippen LogP contribution in [-0.2, 0) is 10.0 Å². The van der Waals surface area contributed by atoms with Gasteiger partial charge in [-0.1, -0.05) is 6.92 Å². The van der Waals surface area contributed by atoms with Gasteiger partial charge < -0.3 is 10.5 Å². The predicted molar refractivity (Wildman–Crippen MR) is 86.3 cm³/mol. The van der Waals surface area contributed by atoms with Crippen LogP contribution >= 0.6 is 11.8 Å². The highest BCUT2D eigenvalue weighted by Gasteiger charge is 2.34. The summed E-state index contributed by atoms with van der Waals surface area (Å²) in [5.74, 6) is 1.47. The fourth-order valence-corrected chi connectivity index (χ4v) is 5.26. The number of benzene rings is 1. The van der Waals surface area contributed by atoms with Crippen LogP contribution in [0.2, 0.25) is 0 Å². The fraction of sp³-hybridized carbons (Fsp3) is 0.571. The van der Waals surface area contributed by atoms with E-state index in [0.29, 0.717) is 35.6 Å². The number of rotatable bonds is 5. The molecule has 118 valence electrons. The molecule has 7 heteroatoms. The van der Waals surface area contributed by atoms with Gasteiger partial charge in [-0.15, -0.1) is 0 Å². The van der Waals surface area contributed by atoms with E-state index in [1.165, 1.54) is 0 Å². The first-order chi connectivity index (χ1) is 9.96. The highest BCUT2D eigenvalue weighted by molar-refractivity contribution is 8.00. The maximum atomic E-state index is 12.7. The zero-order valence-electron chi connectivity index (χ0n) is 12.4. The van der Waals surface area contributed by atoms with E-state index in [2.05, 4.69) is 6.92 Å². The Morgan fingerprint density at radius 1 is 1.33 bits per heavy atom. The number of nitrogens with zero attached hydrogens (tertiary/aromatic N) is 1. The highest BCUT2D eigenvalue weighted by atomic mass is 32.2. The van der Waals surface area contributed by atoms with Gasteiger partial charge in [0.05, 0.1) is 4.90 Å². The second-order valence-corrected chi connectivity index (χ2v) is 8.42. The molecular weight excluding hydrogens is 308 g/mol. The van der Waals surface area contributed by atoms with Crippen LogP contribution in [0.3, 0.4) is 0 Å². The molecule has 1 saturated heterocycles. The Hall–Kier alpha value is -0.760. The van der Waals surface area contributed by atoms with Crippen molar-refractivity contribution in [3.63, 3.8) is 0 Å². The molecule has 0 radical (unpaired) electrons. The van der Waals surface area contributed by atoms with E-state index in [4.69, 9.17) is 10.5 Å². The third-order valence-corrected chi connectivity index (χ3v) is 6.98. The minimum Gasteiger partial charge on any atom is -0.492 e. The lowest BCUT2D eigenvalue weighted by atomic mass is 10.2. The molecule has 1 heterocycles. The SMILES string of the molecule is CC1SCCN(S(=O)(=O)c2ccc(OCCN)cc2)C1C. The van der Waals surface area contributed by atoms with Crippen molar-refractivity contribution in [2.45, 2.75) is 30.0 Å². The average Bonchev–Trinajstić information content (AvgIpc) is 2.48. The van der Waals surface area contributed by atoms with Crippen molar-refractivity contribution < 1.29 is 13.2 Å². The molecule has 0 saturated carbocycles. The summed E-state index contributed by atoms with van der Waals surface area (Å²) in [5, 5.41) is 0.306. The van der Waals surface area contributed by atoms with Crippen LogP contribution in [0.25, 0.3) is 0 Å². The molecule has 0 spiro atoms. The van der Waals surface area contributed by atoms with E-state index in [1.807, 2.05) is 18.7 Å². The summed E-state index contributed by atoms with van der Waals surface area (Å²) in [5.41, 5.74) is 5.37. The maximum Gasteiger partial charge on any atom is 0.243 e. The Morgan fingerprint density at radius 2 is 2.00 bits per heavy atom. The first kappa shape index (κ1) is 16.6. The van der Waals surface area contributed by atoms with Crippen molar-refractivity contribution in [3.05, 3.63) is 24.3 Å². The van der Waals surface area contributed by atoms with Crippen LogP contribution in [0, 0.1) is 0 Å². The van der Waals surface area contributed by atoms with Gasteiger partial charge in [0, 0.05) is 30.1 Å². The van der Waals surface area contributed by atoms with Gasteiger partial charge >= 0.3 is 0 Å². The molecule has 2 atom stereocenters. The molecule has 0 aliphatic carbocycles. The van der Waals surface area contributed by atoms with Gasteiger partial charge in [-0.05, 0) is 31.2 Å². The number of nitrogens with two attached hydrogens (primary N) is 1. The van der Waals surface area contributed by atoms with E-state index >= 15 is 0 Å². The molecule has 1 fully saturated rings. The maximum absolute atomic E-state index is 12.7. The summed E-state index contributed by atoms with van der Waals surface area (Å²) >= 11 is 1.81. The molecule has 1 aliphatic rings. The molecule has 1 aliphatic heterocycles. The van der Waals surface area contributed by atoms with Crippen molar-refractivity contribution in [2.24, 2.45) is 5.73 Å². The smallest absolute Gasteiger partial charge is 0.243 e. The Labute approximate surface area is 130 Å². The lowest BCUT2D eigenvalue weighted by Gasteiger charge is -2.36. The highest BCUT2D eigenvalue weighted by Crippen LogP contribution is 2.29. The fourth-order valence-electron chi connectivity index (χ4n) is 2.26. The van der Waals surface area contributed by atoms with Gasteiger partial charge in [0.2, 0.25) is 10.0 Å². The van der Waals surface area contributed by atoms with Crippen molar-refractivity contribution in [1.82, 2.24) is 4.31 Å². The van der Waals surface area contributed by atoms with Crippen molar-refractivity contribution in [3.8, 4) is 5.75 Å². The normalized spacial score (nSPS) is 24.0. The van der Waals surface area contributed by atoms with Gasteiger partial charge in [-0.25, -0.2) is 8.42 Å². The van der Waals surface area contributed by atoms with Crippen LogP contribution in [0.4, 0.5) is 0 Å². The third-order valence-electron chi connectivity index (χ3n) is 3.64. The van der Waals surface area contributed by atoms with E-state index < -0.39 is 10.0 Å². The number of hydrogen-bond acceptors (Lipinski definition) is 5. The Bertz CT molecular complexity index is 560. The van der Waals surface area contributed by atoms with Crippen LogP contribution in [0.5, 0.6) is 5.75 Å². The van der Waals surface area contributed by atoms with Crippen molar-refractivity contribution in [1.29, 1.82) is 0 Å². The Kier molecular flexibility index (Phi) is 5.54. The topological polar surface area (TPSA) is 72.6 Å². The summed E-state index contributed by atoms with van der Waals surface area (Å²) in [7, 11) is -3.44.